The number of anilines is 1. The lowest BCUT2D eigenvalue weighted by Crippen LogP contribution is -2.39. The first kappa shape index (κ1) is 13.7. The van der Waals surface area contributed by atoms with Crippen LogP contribution in [0.3, 0.4) is 0 Å². The van der Waals surface area contributed by atoms with Crippen molar-refractivity contribution in [3.8, 4) is 0 Å². The van der Waals surface area contributed by atoms with Gasteiger partial charge in [0.1, 0.15) is 0 Å². The van der Waals surface area contributed by atoms with Gasteiger partial charge in [-0.3, -0.25) is 0 Å². The van der Waals surface area contributed by atoms with Crippen LogP contribution in [0.2, 0.25) is 5.02 Å². The molecule has 1 aromatic carbocycles. The summed E-state index contributed by atoms with van der Waals surface area (Å²) in [5.74, 6) is 0.587. The van der Waals surface area contributed by atoms with Crippen LogP contribution in [0.15, 0.2) is 18.2 Å². The Bertz CT molecular complexity index is 391. The van der Waals surface area contributed by atoms with Gasteiger partial charge in [-0.05, 0) is 43.4 Å². The standard InChI is InChI=1S/C14H21ClN2O/c1-10-2-3-12(8-13(10)15)17-14(9-16)11-4-6-18-7-5-11/h2-3,8,11,14,17H,4-7,9,16H2,1H3. The van der Waals surface area contributed by atoms with Gasteiger partial charge in [-0.1, -0.05) is 17.7 Å². The average molecular weight is 269 g/mol. The van der Waals surface area contributed by atoms with E-state index in [1.165, 1.54) is 0 Å². The predicted molar refractivity (Wildman–Crippen MR) is 76.2 cm³/mol. The predicted octanol–water partition coefficient (Wildman–Crippen LogP) is 2.81. The molecular weight excluding hydrogens is 248 g/mol. The Kier molecular flexibility index (Phi) is 4.87. The molecule has 0 saturated carbocycles. The second-order valence-electron chi connectivity index (χ2n) is 4.90. The van der Waals surface area contributed by atoms with Crippen molar-refractivity contribution in [1.29, 1.82) is 0 Å². The molecule has 1 atom stereocenters. The van der Waals surface area contributed by atoms with E-state index in [9.17, 15) is 0 Å². The van der Waals surface area contributed by atoms with Crippen LogP contribution in [0.4, 0.5) is 5.69 Å². The number of hydrogen-bond acceptors (Lipinski definition) is 3. The van der Waals surface area contributed by atoms with Crippen molar-refractivity contribution in [2.75, 3.05) is 25.1 Å². The minimum Gasteiger partial charge on any atom is -0.381 e. The van der Waals surface area contributed by atoms with Crippen molar-refractivity contribution in [1.82, 2.24) is 0 Å². The van der Waals surface area contributed by atoms with Crippen LogP contribution in [0, 0.1) is 12.8 Å². The molecule has 3 nitrogen and oxygen atoms in total. The zero-order valence-electron chi connectivity index (χ0n) is 10.8. The highest BCUT2D eigenvalue weighted by molar-refractivity contribution is 6.31. The van der Waals surface area contributed by atoms with E-state index < -0.39 is 0 Å². The topological polar surface area (TPSA) is 47.3 Å². The third-order valence-corrected chi connectivity index (χ3v) is 4.02. The van der Waals surface area contributed by atoms with Gasteiger partial charge in [0.2, 0.25) is 0 Å². The SMILES string of the molecule is Cc1ccc(NC(CN)C2CCOCC2)cc1Cl. The number of hydrogen-bond donors (Lipinski definition) is 2. The molecule has 0 bridgehead atoms. The maximum atomic E-state index is 6.14. The van der Waals surface area contributed by atoms with Gasteiger partial charge in [0.15, 0.2) is 0 Å². The largest absolute Gasteiger partial charge is 0.381 e. The van der Waals surface area contributed by atoms with Gasteiger partial charge in [-0.15, -0.1) is 0 Å². The Morgan fingerprint density at radius 3 is 2.78 bits per heavy atom. The highest BCUT2D eigenvalue weighted by Gasteiger charge is 2.22. The Hall–Kier alpha value is -0.770. The highest BCUT2D eigenvalue weighted by atomic mass is 35.5. The first-order valence-electron chi connectivity index (χ1n) is 6.51. The highest BCUT2D eigenvalue weighted by Crippen LogP contribution is 2.24. The van der Waals surface area contributed by atoms with E-state index in [2.05, 4.69) is 11.4 Å². The summed E-state index contributed by atoms with van der Waals surface area (Å²) >= 11 is 6.14. The van der Waals surface area contributed by atoms with E-state index in [-0.39, 0.29) is 0 Å². The molecule has 1 aromatic rings. The molecule has 0 aromatic heterocycles. The van der Waals surface area contributed by atoms with Crippen molar-refractivity contribution < 1.29 is 4.74 Å². The van der Waals surface area contributed by atoms with Crippen LogP contribution >= 0.6 is 11.6 Å². The van der Waals surface area contributed by atoms with Gasteiger partial charge in [0.05, 0.1) is 0 Å². The maximum absolute atomic E-state index is 6.14. The van der Waals surface area contributed by atoms with Crippen LogP contribution in [0.1, 0.15) is 18.4 Å². The van der Waals surface area contributed by atoms with Crippen molar-refractivity contribution in [2.45, 2.75) is 25.8 Å². The number of rotatable bonds is 4. The first-order valence-corrected chi connectivity index (χ1v) is 6.89. The molecule has 1 unspecified atom stereocenters. The molecular formula is C14H21ClN2O. The van der Waals surface area contributed by atoms with E-state index in [0.29, 0.717) is 18.5 Å². The molecule has 18 heavy (non-hydrogen) atoms. The maximum Gasteiger partial charge on any atom is 0.0469 e. The number of halogens is 1. The van der Waals surface area contributed by atoms with E-state index in [0.717, 1.165) is 42.3 Å². The van der Waals surface area contributed by atoms with Crippen LogP contribution in [0.25, 0.3) is 0 Å². The smallest absolute Gasteiger partial charge is 0.0469 e. The van der Waals surface area contributed by atoms with Gasteiger partial charge in [-0.2, -0.15) is 0 Å². The molecule has 1 aliphatic heterocycles. The van der Waals surface area contributed by atoms with E-state index >= 15 is 0 Å². The summed E-state index contributed by atoms with van der Waals surface area (Å²) in [6.45, 7) is 4.33. The third-order valence-electron chi connectivity index (χ3n) is 3.61. The second-order valence-corrected chi connectivity index (χ2v) is 5.31. The van der Waals surface area contributed by atoms with E-state index in [4.69, 9.17) is 22.1 Å². The zero-order valence-corrected chi connectivity index (χ0v) is 11.5. The fraction of sp³-hybridized carbons (Fsp3) is 0.571. The summed E-state index contributed by atoms with van der Waals surface area (Å²) in [6, 6.07) is 6.36. The lowest BCUT2D eigenvalue weighted by Gasteiger charge is -2.30. The molecule has 0 aliphatic carbocycles. The Morgan fingerprint density at radius 1 is 1.44 bits per heavy atom. The average Bonchev–Trinajstić information content (AvgIpc) is 2.41. The minimum absolute atomic E-state index is 0.299. The summed E-state index contributed by atoms with van der Waals surface area (Å²) in [5.41, 5.74) is 8.03. The number of nitrogens with one attached hydrogen (secondary N) is 1. The zero-order chi connectivity index (χ0) is 13.0. The quantitative estimate of drug-likeness (QED) is 0.883. The number of benzene rings is 1. The summed E-state index contributed by atoms with van der Waals surface area (Å²) in [4.78, 5) is 0. The third kappa shape index (κ3) is 3.37. The minimum atomic E-state index is 0.299. The van der Waals surface area contributed by atoms with Gasteiger partial charge in [0, 0.05) is 36.5 Å². The molecule has 1 heterocycles. The van der Waals surface area contributed by atoms with Crippen LogP contribution in [-0.4, -0.2) is 25.8 Å². The lowest BCUT2D eigenvalue weighted by molar-refractivity contribution is 0.0614. The monoisotopic (exact) mass is 268 g/mol. The van der Waals surface area contributed by atoms with Crippen LogP contribution in [-0.2, 0) is 4.74 Å². The summed E-state index contributed by atoms with van der Waals surface area (Å²) in [6.07, 6.45) is 2.16. The van der Waals surface area contributed by atoms with Gasteiger partial charge >= 0.3 is 0 Å². The number of nitrogens with two attached hydrogens (primary N) is 1. The molecule has 1 aliphatic rings. The molecule has 3 N–H and O–H groups in total. The first-order chi connectivity index (χ1) is 8.70. The second kappa shape index (κ2) is 6.41. The van der Waals surface area contributed by atoms with E-state index in [1.807, 2.05) is 19.1 Å². The van der Waals surface area contributed by atoms with Gasteiger partial charge in [-0.25, -0.2) is 0 Å². The van der Waals surface area contributed by atoms with Crippen LogP contribution in [0.5, 0.6) is 0 Å². The van der Waals surface area contributed by atoms with Gasteiger partial charge in [0.25, 0.3) is 0 Å². The molecule has 1 saturated heterocycles. The van der Waals surface area contributed by atoms with Crippen molar-refractivity contribution in [3.05, 3.63) is 28.8 Å². The lowest BCUT2D eigenvalue weighted by atomic mass is 9.91. The Morgan fingerprint density at radius 2 is 2.17 bits per heavy atom. The van der Waals surface area contributed by atoms with E-state index in [1.54, 1.807) is 0 Å². The van der Waals surface area contributed by atoms with Crippen LogP contribution < -0.4 is 11.1 Å². The fourth-order valence-corrected chi connectivity index (χ4v) is 2.56. The molecule has 4 heteroatoms. The normalized spacial score (nSPS) is 18.6. The summed E-state index contributed by atoms with van der Waals surface area (Å²) in [7, 11) is 0. The summed E-state index contributed by atoms with van der Waals surface area (Å²) in [5, 5.41) is 4.30. The Balaban J connectivity index is 2.02. The number of aryl methyl sites for hydroxylation is 1. The molecule has 0 amide bonds. The molecule has 0 radical (unpaired) electrons. The van der Waals surface area contributed by atoms with Gasteiger partial charge < -0.3 is 15.8 Å². The number of ether oxygens (including phenoxy) is 1. The Labute approximate surface area is 114 Å². The molecule has 2 rings (SSSR count). The van der Waals surface area contributed by atoms with Crippen molar-refractivity contribution >= 4 is 17.3 Å². The molecule has 0 spiro atoms. The van der Waals surface area contributed by atoms with Crippen molar-refractivity contribution in [3.63, 3.8) is 0 Å². The summed E-state index contributed by atoms with van der Waals surface area (Å²) < 4.78 is 5.39. The molecule has 1 fully saturated rings. The van der Waals surface area contributed by atoms with Crippen molar-refractivity contribution in [2.24, 2.45) is 11.7 Å². The molecule has 100 valence electrons. The fourth-order valence-electron chi connectivity index (χ4n) is 2.38.